The Balaban J connectivity index is 1.04. The first kappa shape index (κ1) is 48.5. The van der Waals surface area contributed by atoms with E-state index >= 15 is 0 Å². The fraction of sp³-hybridized carbons (Fsp3) is 0.865. The van der Waals surface area contributed by atoms with Crippen LogP contribution in [0.2, 0.25) is 0 Å². The molecule has 4 aliphatic carbocycles. The zero-order chi connectivity index (χ0) is 42.6. The molecular formula is C52H88O7. The predicted molar refractivity (Wildman–Crippen MR) is 239 cm³/mol. The molecule has 5 aliphatic rings. The maximum absolute atomic E-state index is 12.6. The molecule has 0 aromatic rings. The van der Waals surface area contributed by atoms with Gasteiger partial charge in [0.1, 0.15) is 31.0 Å². The Hall–Kier alpha value is -1.51. The van der Waals surface area contributed by atoms with Crippen LogP contribution in [-0.4, -0.2) is 64.7 Å². The highest BCUT2D eigenvalue weighted by Gasteiger charge is 2.59. The molecule has 338 valence electrons. The van der Waals surface area contributed by atoms with Gasteiger partial charge < -0.3 is 29.5 Å². The first-order chi connectivity index (χ1) is 28.3. The van der Waals surface area contributed by atoms with E-state index in [0.717, 1.165) is 75.5 Å². The molecular weight excluding hydrogens is 737 g/mol. The number of fused-ring (bicyclic) bond motifs is 5. The van der Waals surface area contributed by atoms with E-state index in [9.17, 15) is 20.1 Å². The van der Waals surface area contributed by atoms with Crippen LogP contribution in [0.4, 0.5) is 0 Å². The highest BCUT2D eigenvalue weighted by Crippen LogP contribution is 2.67. The number of hydrogen-bond donors (Lipinski definition) is 3. The molecule has 59 heavy (non-hydrogen) atoms. The molecule has 1 aliphatic heterocycles. The summed E-state index contributed by atoms with van der Waals surface area (Å²) in [7, 11) is 0. The molecule has 4 fully saturated rings. The maximum atomic E-state index is 12.6. The molecule has 0 aromatic heterocycles. The van der Waals surface area contributed by atoms with Crippen LogP contribution in [-0.2, 0) is 19.0 Å². The Morgan fingerprint density at radius 3 is 2.22 bits per heavy atom. The zero-order valence-corrected chi connectivity index (χ0v) is 38.6. The monoisotopic (exact) mass is 825 g/mol. The number of allylic oxidation sites excluding steroid dienone is 5. The Morgan fingerprint density at radius 1 is 0.831 bits per heavy atom. The van der Waals surface area contributed by atoms with Crippen molar-refractivity contribution in [2.24, 2.45) is 52.3 Å². The standard InChI is InChI=1S/C52H88O7/c1-8-10-11-12-13-14-15-16-17-18-19-20-21-22-23-46(53)57-35-45-47(54)48(55)49(56)50(59-45)58-40-30-32-51(6)39(34-40)26-27-41-43-29-28-42(52(43,7)33-31-44(41)51)37(5)24-25-38(9-2)36(3)4/h15-16,24-26,36-38,40-45,47-50,54-56H,8-14,17-23,27-35H2,1-7H3/b16-15-,25-24+. The molecule has 5 rings (SSSR count). The van der Waals surface area contributed by atoms with Gasteiger partial charge in [0.25, 0.3) is 0 Å². The number of unbranched alkanes of at least 4 members (excludes halogenated alkanes) is 10. The fourth-order valence-corrected chi connectivity index (χ4v) is 12.7. The number of carbonyl (C=O) groups excluding carboxylic acids is 1. The lowest BCUT2D eigenvalue weighted by atomic mass is 9.47. The van der Waals surface area contributed by atoms with E-state index in [4.69, 9.17) is 14.2 Å². The topological polar surface area (TPSA) is 105 Å². The Bertz CT molecular complexity index is 1360. The molecule has 1 saturated heterocycles. The first-order valence-electron chi connectivity index (χ1n) is 24.9. The second-order valence-corrected chi connectivity index (χ2v) is 20.7. The minimum Gasteiger partial charge on any atom is -0.463 e. The largest absolute Gasteiger partial charge is 0.463 e. The number of rotatable bonds is 23. The van der Waals surface area contributed by atoms with Gasteiger partial charge in [0.2, 0.25) is 0 Å². The molecule has 1 heterocycles. The number of hydrogen-bond acceptors (Lipinski definition) is 7. The van der Waals surface area contributed by atoms with E-state index in [1.807, 2.05) is 0 Å². The highest BCUT2D eigenvalue weighted by atomic mass is 16.7. The van der Waals surface area contributed by atoms with Gasteiger partial charge in [0.15, 0.2) is 6.29 Å². The normalized spacial score (nSPS) is 37.0. The summed E-state index contributed by atoms with van der Waals surface area (Å²) in [5, 5.41) is 32.5. The van der Waals surface area contributed by atoms with Crippen molar-refractivity contribution in [3.63, 3.8) is 0 Å². The third-order valence-corrected chi connectivity index (χ3v) is 16.6. The number of ether oxygens (including phenoxy) is 3. The molecule has 0 spiro atoms. The second-order valence-electron chi connectivity index (χ2n) is 20.7. The van der Waals surface area contributed by atoms with Crippen LogP contribution >= 0.6 is 0 Å². The smallest absolute Gasteiger partial charge is 0.305 e. The van der Waals surface area contributed by atoms with E-state index in [1.54, 1.807) is 0 Å². The molecule has 7 heteroatoms. The highest BCUT2D eigenvalue weighted by molar-refractivity contribution is 5.69. The minimum absolute atomic E-state index is 0.150. The van der Waals surface area contributed by atoms with Crippen LogP contribution in [0, 0.1) is 52.3 Å². The SMILES string of the molecule is CCCCCCC/C=C\CCCCCCCC(=O)OCC1OC(OC2CCC3(C)C(=CCC4C3CCC3(C)C(C(C)/C=C/C(CC)C(C)C)CCC43)C2)C(O)C(O)C1O. The van der Waals surface area contributed by atoms with E-state index in [1.165, 1.54) is 82.6 Å². The van der Waals surface area contributed by atoms with Crippen molar-refractivity contribution in [1.82, 2.24) is 0 Å². The second kappa shape index (κ2) is 23.3. The molecule has 0 amide bonds. The zero-order valence-electron chi connectivity index (χ0n) is 38.6. The quantitative estimate of drug-likeness (QED) is 0.0535. The van der Waals surface area contributed by atoms with Gasteiger partial charge in [-0.3, -0.25) is 4.79 Å². The van der Waals surface area contributed by atoms with Crippen LogP contribution in [0.25, 0.3) is 0 Å². The Labute approximate surface area is 360 Å². The van der Waals surface area contributed by atoms with Crippen LogP contribution in [0.15, 0.2) is 36.0 Å². The summed E-state index contributed by atoms with van der Waals surface area (Å²) in [6, 6.07) is 0. The molecule has 14 unspecified atom stereocenters. The first-order valence-corrected chi connectivity index (χ1v) is 24.9. The average molecular weight is 825 g/mol. The van der Waals surface area contributed by atoms with Crippen molar-refractivity contribution < 1.29 is 34.3 Å². The summed E-state index contributed by atoms with van der Waals surface area (Å²) in [6.45, 7) is 16.7. The Kier molecular flexibility index (Phi) is 19.1. The van der Waals surface area contributed by atoms with E-state index in [0.29, 0.717) is 35.5 Å². The van der Waals surface area contributed by atoms with Crippen LogP contribution in [0.1, 0.15) is 190 Å². The van der Waals surface area contributed by atoms with Crippen molar-refractivity contribution in [2.75, 3.05) is 6.61 Å². The van der Waals surface area contributed by atoms with Crippen molar-refractivity contribution in [3.05, 3.63) is 36.0 Å². The maximum Gasteiger partial charge on any atom is 0.305 e. The molecule has 14 atom stereocenters. The van der Waals surface area contributed by atoms with Crippen LogP contribution < -0.4 is 0 Å². The lowest BCUT2D eigenvalue weighted by Gasteiger charge is -2.58. The molecule has 0 radical (unpaired) electrons. The summed E-state index contributed by atoms with van der Waals surface area (Å²) in [4.78, 5) is 12.6. The Morgan fingerprint density at radius 2 is 1.53 bits per heavy atom. The third kappa shape index (κ3) is 12.4. The number of esters is 1. The lowest BCUT2D eigenvalue weighted by molar-refractivity contribution is -0.313. The van der Waals surface area contributed by atoms with Gasteiger partial charge in [-0.15, -0.1) is 0 Å². The molecule has 0 bridgehead atoms. The van der Waals surface area contributed by atoms with E-state index in [-0.39, 0.29) is 24.1 Å². The fourth-order valence-electron chi connectivity index (χ4n) is 12.7. The number of aliphatic hydroxyl groups is 3. The molecule has 0 aromatic carbocycles. The minimum atomic E-state index is -1.45. The van der Waals surface area contributed by atoms with Crippen molar-refractivity contribution in [3.8, 4) is 0 Å². The van der Waals surface area contributed by atoms with Gasteiger partial charge in [-0.1, -0.05) is 129 Å². The third-order valence-electron chi connectivity index (χ3n) is 16.6. The lowest BCUT2D eigenvalue weighted by Crippen LogP contribution is -2.60. The molecule has 7 nitrogen and oxygen atoms in total. The summed E-state index contributed by atoms with van der Waals surface area (Å²) in [5.74, 6) is 4.60. The van der Waals surface area contributed by atoms with Gasteiger partial charge in [-0.2, -0.15) is 0 Å². The predicted octanol–water partition coefficient (Wildman–Crippen LogP) is 11.8. The van der Waals surface area contributed by atoms with E-state index < -0.39 is 30.7 Å². The summed E-state index contributed by atoms with van der Waals surface area (Å²) < 4.78 is 18.0. The van der Waals surface area contributed by atoms with Crippen molar-refractivity contribution in [1.29, 1.82) is 0 Å². The molecule has 3 saturated carbocycles. The van der Waals surface area contributed by atoms with Gasteiger partial charge in [-0.05, 0) is 142 Å². The summed E-state index contributed by atoms with van der Waals surface area (Å²) >= 11 is 0. The van der Waals surface area contributed by atoms with E-state index in [2.05, 4.69) is 78.8 Å². The van der Waals surface area contributed by atoms with Gasteiger partial charge >= 0.3 is 5.97 Å². The number of carbonyl (C=O) groups is 1. The van der Waals surface area contributed by atoms with Crippen molar-refractivity contribution in [2.45, 2.75) is 227 Å². The van der Waals surface area contributed by atoms with Gasteiger partial charge in [0.05, 0.1) is 6.10 Å². The average Bonchev–Trinajstić information content (AvgIpc) is 3.58. The van der Waals surface area contributed by atoms with Crippen LogP contribution in [0.5, 0.6) is 0 Å². The molecule has 3 N–H and O–H groups in total. The summed E-state index contributed by atoms with van der Waals surface area (Å²) in [6.07, 6.45) is 30.7. The van der Waals surface area contributed by atoms with Crippen molar-refractivity contribution >= 4 is 5.97 Å². The van der Waals surface area contributed by atoms with Gasteiger partial charge in [0, 0.05) is 6.42 Å². The summed E-state index contributed by atoms with van der Waals surface area (Å²) in [5.41, 5.74) is 2.05. The van der Waals surface area contributed by atoms with Gasteiger partial charge in [-0.25, -0.2) is 0 Å². The number of aliphatic hydroxyl groups excluding tert-OH is 3. The van der Waals surface area contributed by atoms with Crippen LogP contribution in [0.3, 0.4) is 0 Å².